The van der Waals surface area contributed by atoms with Gasteiger partial charge in [-0.2, -0.15) is 0 Å². The fourth-order valence-corrected chi connectivity index (χ4v) is 1.41. The molecule has 1 rings (SSSR count). The second kappa shape index (κ2) is 7.37. The Morgan fingerprint density at radius 3 is 2.77 bits per heavy atom. The summed E-state index contributed by atoms with van der Waals surface area (Å²) in [7, 11) is 0. The summed E-state index contributed by atoms with van der Waals surface area (Å²) in [6.45, 7) is 14.3. The molecule has 2 heteroatoms. The summed E-state index contributed by atoms with van der Waals surface area (Å²) < 4.78 is 0. The molecule has 0 aliphatic rings. The molecule has 1 N–H and O–H groups in total. The van der Waals surface area contributed by atoms with E-state index in [1.54, 1.807) is 11.3 Å². The molecule has 0 atom stereocenters. The Bertz CT molecular complexity index is 254. The van der Waals surface area contributed by atoms with Crippen LogP contribution in [0.5, 0.6) is 0 Å². The average molecular weight is 195 g/mol. The molecule has 0 amide bonds. The SMILES string of the molecule is C=C.C=CCNC(=C)c1cccs1.[HH]. The van der Waals surface area contributed by atoms with Crippen LogP contribution in [-0.4, -0.2) is 6.54 Å². The molecule has 0 radical (unpaired) electrons. The number of thiophene rings is 1. The van der Waals surface area contributed by atoms with Gasteiger partial charge in [-0.1, -0.05) is 18.7 Å². The molecule has 1 nitrogen and oxygen atoms in total. The minimum atomic E-state index is 0. The molecule has 1 aromatic heterocycles. The van der Waals surface area contributed by atoms with E-state index in [2.05, 4.69) is 31.6 Å². The van der Waals surface area contributed by atoms with Crippen LogP contribution in [0.2, 0.25) is 0 Å². The maximum Gasteiger partial charge on any atom is 0.0495 e. The smallest absolute Gasteiger partial charge is 0.0495 e. The van der Waals surface area contributed by atoms with E-state index in [1.165, 1.54) is 4.88 Å². The summed E-state index contributed by atoms with van der Waals surface area (Å²) >= 11 is 1.69. The van der Waals surface area contributed by atoms with Crippen molar-refractivity contribution in [2.75, 3.05) is 6.54 Å². The van der Waals surface area contributed by atoms with Gasteiger partial charge in [0.25, 0.3) is 0 Å². The van der Waals surface area contributed by atoms with Gasteiger partial charge in [0.15, 0.2) is 0 Å². The third kappa shape index (κ3) is 4.33. The zero-order valence-electron chi connectivity index (χ0n) is 7.75. The molecule has 0 fully saturated rings. The minimum absolute atomic E-state index is 0. The highest BCUT2D eigenvalue weighted by Gasteiger charge is 1.95. The van der Waals surface area contributed by atoms with Crippen molar-refractivity contribution in [1.29, 1.82) is 0 Å². The first kappa shape index (κ1) is 11.7. The maximum absolute atomic E-state index is 3.89. The lowest BCUT2D eigenvalue weighted by atomic mass is 10.4. The van der Waals surface area contributed by atoms with Crippen molar-refractivity contribution >= 4 is 17.0 Å². The first-order chi connectivity index (χ1) is 6.34. The van der Waals surface area contributed by atoms with E-state index in [1.807, 2.05) is 23.6 Å². The van der Waals surface area contributed by atoms with E-state index < -0.39 is 0 Å². The fraction of sp³-hybridized carbons (Fsp3) is 0.0909. The molecule has 0 aliphatic carbocycles. The summed E-state index contributed by atoms with van der Waals surface area (Å²) in [6, 6.07) is 4.06. The minimum Gasteiger partial charge on any atom is -0.381 e. The van der Waals surface area contributed by atoms with Crippen LogP contribution in [0.15, 0.2) is 49.9 Å². The molecule has 0 aromatic carbocycles. The first-order valence-electron chi connectivity index (χ1n) is 3.92. The van der Waals surface area contributed by atoms with E-state index in [9.17, 15) is 0 Å². The Morgan fingerprint density at radius 1 is 1.62 bits per heavy atom. The Hall–Kier alpha value is -1.28. The van der Waals surface area contributed by atoms with Crippen LogP contribution in [0.4, 0.5) is 0 Å². The predicted octanol–water partition coefficient (Wildman–Crippen LogP) is 3.54. The molecule has 0 saturated heterocycles. The van der Waals surface area contributed by atoms with Crippen LogP contribution in [0.25, 0.3) is 5.70 Å². The van der Waals surface area contributed by atoms with Crippen molar-refractivity contribution in [2.24, 2.45) is 0 Å². The Morgan fingerprint density at radius 2 is 2.31 bits per heavy atom. The Kier molecular flexibility index (Phi) is 6.65. The van der Waals surface area contributed by atoms with Crippen molar-refractivity contribution in [3.63, 3.8) is 0 Å². The van der Waals surface area contributed by atoms with Crippen LogP contribution in [0, 0.1) is 0 Å². The summed E-state index contributed by atoms with van der Waals surface area (Å²) in [4.78, 5) is 1.19. The van der Waals surface area contributed by atoms with Crippen molar-refractivity contribution in [3.05, 3.63) is 54.8 Å². The van der Waals surface area contributed by atoms with E-state index in [0.717, 1.165) is 12.2 Å². The summed E-state index contributed by atoms with van der Waals surface area (Å²) in [5, 5.41) is 5.17. The van der Waals surface area contributed by atoms with Crippen LogP contribution in [-0.2, 0) is 0 Å². The second-order valence-electron chi connectivity index (χ2n) is 2.13. The van der Waals surface area contributed by atoms with Gasteiger partial charge in [0.05, 0.1) is 0 Å². The molecule has 0 bridgehead atoms. The maximum atomic E-state index is 3.89. The van der Waals surface area contributed by atoms with Gasteiger partial charge >= 0.3 is 0 Å². The molecule has 72 valence electrons. The van der Waals surface area contributed by atoms with Crippen LogP contribution < -0.4 is 5.32 Å². The zero-order chi connectivity index (χ0) is 10.1. The lowest BCUT2D eigenvalue weighted by molar-refractivity contribution is 1.02. The average Bonchev–Trinajstić information content (AvgIpc) is 2.70. The molecule has 0 aliphatic heterocycles. The molecule has 0 saturated carbocycles. The lowest BCUT2D eigenvalue weighted by Gasteiger charge is -2.02. The van der Waals surface area contributed by atoms with Gasteiger partial charge in [-0.25, -0.2) is 0 Å². The third-order valence-electron chi connectivity index (χ3n) is 1.28. The zero-order valence-corrected chi connectivity index (χ0v) is 8.57. The number of nitrogens with one attached hydrogen (secondary N) is 1. The van der Waals surface area contributed by atoms with Crippen molar-refractivity contribution in [1.82, 2.24) is 5.32 Å². The predicted molar refractivity (Wildman–Crippen MR) is 64.9 cm³/mol. The number of hydrogen-bond acceptors (Lipinski definition) is 2. The summed E-state index contributed by atoms with van der Waals surface area (Å²) in [5.41, 5.74) is 0.972. The number of rotatable bonds is 4. The highest BCUT2D eigenvalue weighted by atomic mass is 32.1. The molecule has 0 unspecified atom stereocenters. The normalized spacial score (nSPS) is 8.00. The molecule has 1 aromatic rings. The quantitative estimate of drug-likeness (QED) is 0.725. The monoisotopic (exact) mass is 195 g/mol. The summed E-state index contributed by atoms with van der Waals surface area (Å²) in [5.74, 6) is 0. The molecule has 0 spiro atoms. The van der Waals surface area contributed by atoms with E-state index in [4.69, 9.17) is 0 Å². The lowest BCUT2D eigenvalue weighted by Crippen LogP contribution is -2.09. The number of hydrogen-bond donors (Lipinski definition) is 1. The van der Waals surface area contributed by atoms with Crippen LogP contribution >= 0.6 is 11.3 Å². The van der Waals surface area contributed by atoms with E-state index in [0.29, 0.717) is 0 Å². The standard InChI is InChI=1S/C9H11NS.C2H4.H2/c1-3-6-10-8(2)9-5-4-7-11-9;1-2;/h3-5,7,10H,1-2,6H2;1-2H2;1H. The van der Waals surface area contributed by atoms with Gasteiger partial charge < -0.3 is 5.32 Å². The highest BCUT2D eigenvalue weighted by molar-refractivity contribution is 7.11. The molecular formula is C11H17NS. The largest absolute Gasteiger partial charge is 0.381 e. The van der Waals surface area contributed by atoms with Crippen LogP contribution in [0.1, 0.15) is 6.30 Å². The van der Waals surface area contributed by atoms with Gasteiger partial charge in [-0.15, -0.1) is 31.1 Å². The Labute approximate surface area is 85.6 Å². The van der Waals surface area contributed by atoms with E-state index >= 15 is 0 Å². The highest BCUT2D eigenvalue weighted by Crippen LogP contribution is 2.15. The molecular weight excluding hydrogens is 178 g/mol. The van der Waals surface area contributed by atoms with Gasteiger partial charge in [0, 0.05) is 18.5 Å². The first-order valence-corrected chi connectivity index (χ1v) is 4.80. The Balaban J connectivity index is 0. The van der Waals surface area contributed by atoms with Gasteiger partial charge in [0.2, 0.25) is 0 Å². The summed E-state index contributed by atoms with van der Waals surface area (Å²) in [6.07, 6.45) is 1.82. The molecule has 1 heterocycles. The van der Waals surface area contributed by atoms with Crippen molar-refractivity contribution in [2.45, 2.75) is 0 Å². The third-order valence-corrected chi connectivity index (χ3v) is 2.21. The van der Waals surface area contributed by atoms with Crippen molar-refractivity contribution in [3.8, 4) is 0 Å². The van der Waals surface area contributed by atoms with Gasteiger partial charge in [0.1, 0.15) is 0 Å². The van der Waals surface area contributed by atoms with Crippen molar-refractivity contribution < 1.29 is 1.43 Å². The van der Waals surface area contributed by atoms with Crippen LogP contribution in [0.3, 0.4) is 0 Å². The van der Waals surface area contributed by atoms with Gasteiger partial charge in [-0.3, -0.25) is 0 Å². The second-order valence-corrected chi connectivity index (χ2v) is 3.07. The van der Waals surface area contributed by atoms with Gasteiger partial charge in [-0.05, 0) is 11.4 Å². The fourth-order valence-electron chi connectivity index (χ4n) is 0.733. The molecule has 13 heavy (non-hydrogen) atoms. The topological polar surface area (TPSA) is 12.0 Å². The van der Waals surface area contributed by atoms with E-state index in [-0.39, 0.29) is 1.43 Å².